The first-order chi connectivity index (χ1) is 15.8. The SMILES string of the molecule is NCc1ccnc(S(=O)(=O)C[C@H]2C[C@@H](C3CCCCC3)CN(S(=O)(=O)N3CCOCC3)C2)c1. The fraction of sp³-hybridized carbons (Fsp3) is 0.773. The Kier molecular flexibility index (Phi) is 8.07. The van der Waals surface area contributed by atoms with Crippen molar-refractivity contribution in [1.82, 2.24) is 13.6 Å². The Labute approximate surface area is 197 Å². The van der Waals surface area contributed by atoms with E-state index in [1.807, 2.05) is 0 Å². The van der Waals surface area contributed by atoms with Crippen LogP contribution in [0.2, 0.25) is 0 Å². The molecule has 0 unspecified atom stereocenters. The van der Waals surface area contributed by atoms with Crippen molar-refractivity contribution >= 4 is 20.0 Å². The number of hydrogen-bond donors (Lipinski definition) is 1. The average molecular weight is 501 g/mol. The van der Waals surface area contributed by atoms with E-state index in [0.29, 0.717) is 44.3 Å². The van der Waals surface area contributed by atoms with Gasteiger partial charge in [-0.25, -0.2) is 13.4 Å². The largest absolute Gasteiger partial charge is 0.379 e. The molecule has 3 heterocycles. The van der Waals surface area contributed by atoms with Crippen LogP contribution in [0.3, 0.4) is 0 Å². The third-order valence-electron chi connectivity index (χ3n) is 7.28. The Morgan fingerprint density at radius 1 is 1.00 bits per heavy atom. The van der Waals surface area contributed by atoms with Gasteiger partial charge in [0.2, 0.25) is 0 Å². The number of hydrogen-bond acceptors (Lipinski definition) is 7. The zero-order valence-electron chi connectivity index (χ0n) is 19.1. The number of ether oxygens (including phenoxy) is 1. The standard InChI is InChI=1S/C22H36N4O5S2/c23-14-18-6-7-24-22(13-18)32(27,28)17-19-12-21(20-4-2-1-3-5-20)16-26(15-19)33(29,30)25-8-10-31-11-9-25/h6-7,13,19-21H,1-5,8-12,14-17,23H2/t19-,21+/m0/s1. The van der Waals surface area contributed by atoms with Gasteiger partial charge in [-0.05, 0) is 41.9 Å². The molecule has 2 aliphatic heterocycles. The summed E-state index contributed by atoms with van der Waals surface area (Å²) in [7, 11) is -7.32. The molecule has 2 N–H and O–H groups in total. The van der Waals surface area contributed by atoms with Crippen molar-refractivity contribution in [2.24, 2.45) is 23.5 Å². The van der Waals surface area contributed by atoms with Crippen LogP contribution in [0.1, 0.15) is 44.1 Å². The number of rotatable bonds is 7. The Balaban J connectivity index is 1.56. The molecule has 0 amide bonds. The lowest BCUT2D eigenvalue weighted by atomic mass is 9.75. The summed E-state index contributed by atoms with van der Waals surface area (Å²) in [6, 6.07) is 3.23. The number of sulfone groups is 1. The fourth-order valence-corrected chi connectivity index (χ4v) is 8.84. The Morgan fingerprint density at radius 2 is 1.73 bits per heavy atom. The second-order valence-corrected chi connectivity index (χ2v) is 13.5. The highest BCUT2D eigenvalue weighted by atomic mass is 32.2. The molecular weight excluding hydrogens is 464 g/mol. The molecule has 1 aromatic heterocycles. The van der Waals surface area contributed by atoms with Crippen molar-refractivity contribution in [1.29, 1.82) is 0 Å². The molecule has 186 valence electrons. The van der Waals surface area contributed by atoms with Crippen LogP contribution in [0.25, 0.3) is 0 Å². The van der Waals surface area contributed by atoms with Crippen LogP contribution in [-0.4, -0.2) is 75.6 Å². The summed E-state index contributed by atoms with van der Waals surface area (Å²) in [5, 5.41) is 0.0211. The van der Waals surface area contributed by atoms with E-state index in [1.165, 1.54) is 23.0 Å². The van der Waals surface area contributed by atoms with Crippen LogP contribution in [0.4, 0.5) is 0 Å². The van der Waals surface area contributed by atoms with Gasteiger partial charge in [0.1, 0.15) is 0 Å². The van der Waals surface area contributed by atoms with Gasteiger partial charge in [0.25, 0.3) is 10.2 Å². The minimum absolute atomic E-state index is 0.0211. The van der Waals surface area contributed by atoms with E-state index in [-0.39, 0.29) is 35.7 Å². The molecule has 1 aromatic rings. The van der Waals surface area contributed by atoms with Gasteiger partial charge in [-0.1, -0.05) is 32.1 Å². The number of pyridine rings is 1. The van der Waals surface area contributed by atoms with E-state index >= 15 is 0 Å². The van der Waals surface area contributed by atoms with E-state index in [9.17, 15) is 16.8 Å². The number of nitrogens with zero attached hydrogens (tertiary/aromatic N) is 3. The van der Waals surface area contributed by atoms with E-state index in [2.05, 4.69) is 4.98 Å². The molecule has 2 atom stereocenters. The maximum absolute atomic E-state index is 13.5. The Morgan fingerprint density at radius 3 is 2.42 bits per heavy atom. The lowest BCUT2D eigenvalue weighted by Gasteiger charge is -2.43. The summed E-state index contributed by atoms with van der Waals surface area (Å²) in [6.07, 6.45) is 7.93. The van der Waals surface area contributed by atoms with Gasteiger partial charge in [-0.2, -0.15) is 17.0 Å². The Hall–Kier alpha value is -1.11. The zero-order chi connectivity index (χ0) is 23.5. The van der Waals surface area contributed by atoms with Gasteiger partial charge < -0.3 is 10.5 Å². The highest BCUT2D eigenvalue weighted by molar-refractivity contribution is 7.91. The first kappa shape index (κ1) is 25.0. The highest BCUT2D eigenvalue weighted by Crippen LogP contribution is 2.38. The van der Waals surface area contributed by atoms with Crippen molar-refractivity contribution in [2.45, 2.75) is 50.1 Å². The molecule has 33 heavy (non-hydrogen) atoms. The van der Waals surface area contributed by atoms with Gasteiger partial charge >= 0.3 is 0 Å². The average Bonchev–Trinajstić information content (AvgIpc) is 2.84. The molecule has 0 aromatic carbocycles. The Bertz CT molecular complexity index is 1010. The topological polar surface area (TPSA) is 123 Å². The number of nitrogens with two attached hydrogens (primary N) is 1. The fourth-order valence-electron chi connectivity index (χ4n) is 5.54. The molecule has 0 spiro atoms. The van der Waals surface area contributed by atoms with Crippen molar-refractivity contribution in [2.75, 3.05) is 45.1 Å². The van der Waals surface area contributed by atoms with Crippen LogP contribution in [-0.2, 0) is 31.3 Å². The van der Waals surface area contributed by atoms with Gasteiger partial charge in [0, 0.05) is 38.9 Å². The van der Waals surface area contributed by atoms with Crippen LogP contribution in [0, 0.1) is 17.8 Å². The molecule has 9 nitrogen and oxygen atoms in total. The minimum Gasteiger partial charge on any atom is -0.379 e. The molecular formula is C22H36N4O5S2. The second-order valence-electron chi connectivity index (χ2n) is 9.58. The summed E-state index contributed by atoms with van der Waals surface area (Å²) in [5.74, 6) is 0.255. The third-order valence-corrected chi connectivity index (χ3v) is 11.0. The molecule has 11 heteroatoms. The van der Waals surface area contributed by atoms with Gasteiger partial charge in [-0.3, -0.25) is 0 Å². The quantitative estimate of drug-likeness (QED) is 0.600. The van der Waals surface area contributed by atoms with Crippen LogP contribution in [0.5, 0.6) is 0 Å². The highest BCUT2D eigenvalue weighted by Gasteiger charge is 2.41. The lowest BCUT2D eigenvalue weighted by molar-refractivity contribution is 0.0660. The predicted molar refractivity (Wildman–Crippen MR) is 125 cm³/mol. The normalized spacial score (nSPS) is 26.9. The van der Waals surface area contributed by atoms with Crippen molar-refractivity contribution in [3.63, 3.8) is 0 Å². The third kappa shape index (κ3) is 5.94. The zero-order valence-corrected chi connectivity index (χ0v) is 20.8. The summed E-state index contributed by atoms with van der Waals surface area (Å²) < 4.78 is 61.7. The van der Waals surface area contributed by atoms with E-state index < -0.39 is 20.0 Å². The number of piperidine rings is 1. The first-order valence-corrected chi connectivity index (χ1v) is 15.1. The predicted octanol–water partition coefficient (Wildman–Crippen LogP) is 1.41. The smallest absolute Gasteiger partial charge is 0.282 e. The van der Waals surface area contributed by atoms with Gasteiger partial charge in [0.05, 0.1) is 19.0 Å². The summed E-state index contributed by atoms with van der Waals surface area (Å²) in [5.41, 5.74) is 6.39. The van der Waals surface area contributed by atoms with E-state index in [4.69, 9.17) is 10.5 Å². The minimum atomic E-state index is -3.66. The molecule has 0 radical (unpaired) electrons. The second kappa shape index (κ2) is 10.7. The van der Waals surface area contributed by atoms with Crippen LogP contribution in [0.15, 0.2) is 23.4 Å². The molecule has 3 aliphatic rings. The molecule has 1 aliphatic carbocycles. The van der Waals surface area contributed by atoms with Crippen LogP contribution >= 0.6 is 0 Å². The monoisotopic (exact) mass is 500 g/mol. The molecule has 2 saturated heterocycles. The van der Waals surface area contributed by atoms with Gasteiger partial charge in [-0.15, -0.1) is 0 Å². The number of morpholine rings is 1. The van der Waals surface area contributed by atoms with Crippen molar-refractivity contribution in [3.8, 4) is 0 Å². The summed E-state index contributed by atoms with van der Waals surface area (Å²) in [4.78, 5) is 4.08. The molecule has 4 rings (SSSR count). The maximum atomic E-state index is 13.5. The number of aromatic nitrogens is 1. The molecule has 1 saturated carbocycles. The first-order valence-electron chi connectivity index (χ1n) is 12.0. The lowest BCUT2D eigenvalue weighted by Crippen LogP contribution is -2.54. The summed E-state index contributed by atoms with van der Waals surface area (Å²) >= 11 is 0. The van der Waals surface area contributed by atoms with Crippen molar-refractivity contribution in [3.05, 3.63) is 23.9 Å². The van der Waals surface area contributed by atoms with E-state index in [1.54, 1.807) is 10.4 Å². The van der Waals surface area contributed by atoms with E-state index in [0.717, 1.165) is 32.1 Å². The van der Waals surface area contributed by atoms with Gasteiger partial charge in [0.15, 0.2) is 14.9 Å². The van der Waals surface area contributed by atoms with Crippen molar-refractivity contribution < 1.29 is 21.6 Å². The summed E-state index contributed by atoms with van der Waals surface area (Å²) in [6.45, 7) is 2.39. The molecule has 0 bridgehead atoms. The molecule has 3 fully saturated rings. The maximum Gasteiger partial charge on any atom is 0.282 e. The van der Waals surface area contributed by atoms with Crippen LogP contribution < -0.4 is 5.73 Å².